The van der Waals surface area contributed by atoms with Crippen LogP contribution in [0.5, 0.6) is 0 Å². The number of piperidine rings is 1. The van der Waals surface area contributed by atoms with Gasteiger partial charge in [-0.15, -0.1) is 11.3 Å². The van der Waals surface area contributed by atoms with Crippen molar-refractivity contribution in [2.24, 2.45) is 11.8 Å². The second-order valence-corrected chi connectivity index (χ2v) is 11.3. The molecule has 1 aromatic heterocycles. The Morgan fingerprint density at radius 2 is 1.86 bits per heavy atom. The highest BCUT2D eigenvalue weighted by Crippen LogP contribution is 2.31. The summed E-state index contributed by atoms with van der Waals surface area (Å²) >= 11 is 1.20. The van der Waals surface area contributed by atoms with Gasteiger partial charge in [-0.1, -0.05) is 34.1 Å². The van der Waals surface area contributed by atoms with Gasteiger partial charge < -0.3 is 19.7 Å². The number of thiazole rings is 1. The van der Waals surface area contributed by atoms with Gasteiger partial charge in [-0.25, -0.2) is 9.78 Å². The van der Waals surface area contributed by atoms with Crippen molar-refractivity contribution in [3.05, 3.63) is 16.1 Å². The first kappa shape index (κ1) is 30.7. The molecule has 208 valence electrons. The molecule has 2 heterocycles. The smallest absolute Gasteiger partial charge is 0.357 e. The van der Waals surface area contributed by atoms with Crippen LogP contribution in [0.1, 0.15) is 81.9 Å². The molecule has 0 unspecified atom stereocenters. The minimum Gasteiger partial charge on any atom is -0.464 e. The Bertz CT molecular complexity index is 949. The normalized spacial score (nSPS) is 18.7. The lowest BCUT2D eigenvalue weighted by molar-refractivity contribution is -0.149. The molecule has 4 atom stereocenters. The van der Waals surface area contributed by atoms with Crippen LogP contribution in [0.15, 0.2) is 5.38 Å². The van der Waals surface area contributed by atoms with E-state index in [2.05, 4.69) is 10.3 Å². The van der Waals surface area contributed by atoms with Crippen molar-refractivity contribution in [1.29, 1.82) is 0 Å². The number of nitrogens with zero attached hydrogens (tertiary/aromatic N) is 3. The Balaban J connectivity index is 2.24. The van der Waals surface area contributed by atoms with E-state index in [1.54, 1.807) is 17.3 Å². The van der Waals surface area contributed by atoms with Crippen molar-refractivity contribution in [2.45, 2.75) is 84.5 Å². The predicted octanol–water partition coefficient (Wildman–Crippen LogP) is 3.03. The molecule has 0 spiro atoms. The van der Waals surface area contributed by atoms with E-state index < -0.39 is 24.1 Å². The fraction of sp³-hybridized carbons (Fsp3) is 0.731. The molecule has 1 N–H and O–H groups in total. The van der Waals surface area contributed by atoms with Crippen molar-refractivity contribution in [1.82, 2.24) is 20.1 Å². The summed E-state index contributed by atoms with van der Waals surface area (Å²) in [4.78, 5) is 58.6. The topological polar surface area (TPSA) is 118 Å². The van der Waals surface area contributed by atoms with E-state index in [-0.39, 0.29) is 47.8 Å². The van der Waals surface area contributed by atoms with E-state index in [0.29, 0.717) is 5.01 Å². The summed E-state index contributed by atoms with van der Waals surface area (Å²) in [6.07, 6.45) is 2.38. The van der Waals surface area contributed by atoms with Crippen LogP contribution < -0.4 is 5.32 Å². The summed E-state index contributed by atoms with van der Waals surface area (Å²) in [5, 5.41) is 5.03. The Morgan fingerprint density at radius 3 is 2.41 bits per heavy atom. The molecule has 0 radical (unpaired) electrons. The number of hydrogen-bond acceptors (Lipinski definition) is 9. The fourth-order valence-electron chi connectivity index (χ4n) is 4.68. The van der Waals surface area contributed by atoms with Gasteiger partial charge in [-0.2, -0.15) is 0 Å². The van der Waals surface area contributed by atoms with Crippen LogP contribution in [-0.2, 0) is 23.9 Å². The number of esters is 2. The number of likely N-dealkylation sites (N-methyl/N-ethyl adjacent to an activating group) is 2. The van der Waals surface area contributed by atoms with Gasteiger partial charge in [0.15, 0.2) is 11.8 Å². The Morgan fingerprint density at radius 1 is 1.19 bits per heavy atom. The third-order valence-corrected chi connectivity index (χ3v) is 7.81. The zero-order chi connectivity index (χ0) is 27.9. The number of likely N-dealkylation sites (tertiary alicyclic amines) is 1. The first-order valence-electron chi connectivity index (χ1n) is 12.9. The Hall–Kier alpha value is -2.53. The van der Waals surface area contributed by atoms with E-state index in [1.165, 1.54) is 25.4 Å². The predicted molar refractivity (Wildman–Crippen MR) is 141 cm³/mol. The van der Waals surface area contributed by atoms with Gasteiger partial charge in [0, 0.05) is 31.8 Å². The Kier molecular flexibility index (Phi) is 11.5. The lowest BCUT2D eigenvalue weighted by Crippen LogP contribution is -2.57. The van der Waals surface area contributed by atoms with Gasteiger partial charge in [0.25, 0.3) is 0 Å². The minimum atomic E-state index is -0.744. The molecule has 1 aromatic rings. The highest BCUT2D eigenvalue weighted by Gasteiger charge is 2.36. The van der Waals surface area contributed by atoms with Crippen LogP contribution in [0.2, 0.25) is 0 Å². The molecular weight excluding hydrogens is 496 g/mol. The molecule has 0 aliphatic carbocycles. The molecule has 2 rings (SSSR count). The second kappa shape index (κ2) is 13.9. The number of aromatic nitrogens is 1. The molecule has 0 aromatic carbocycles. The molecular formula is C26H42N4O6S. The molecule has 10 nitrogen and oxygen atoms in total. The van der Waals surface area contributed by atoms with Crippen molar-refractivity contribution in [2.75, 3.05) is 27.7 Å². The van der Waals surface area contributed by atoms with Gasteiger partial charge in [-0.05, 0) is 38.3 Å². The van der Waals surface area contributed by atoms with Crippen molar-refractivity contribution >= 4 is 35.1 Å². The molecule has 0 bridgehead atoms. The fourth-order valence-corrected chi connectivity index (χ4v) is 5.51. The number of ether oxygens (including phenoxy) is 2. The largest absolute Gasteiger partial charge is 0.464 e. The third kappa shape index (κ3) is 8.23. The van der Waals surface area contributed by atoms with Crippen molar-refractivity contribution in [3.8, 4) is 0 Å². The Labute approximate surface area is 224 Å². The first-order valence-corrected chi connectivity index (χ1v) is 13.7. The first-order chi connectivity index (χ1) is 17.4. The minimum absolute atomic E-state index is 0.0139. The summed E-state index contributed by atoms with van der Waals surface area (Å²) in [6.45, 7) is 9.98. The maximum atomic E-state index is 13.7. The maximum absolute atomic E-state index is 13.7. The van der Waals surface area contributed by atoms with Crippen molar-refractivity contribution < 1.29 is 28.7 Å². The van der Waals surface area contributed by atoms with E-state index in [9.17, 15) is 19.2 Å². The van der Waals surface area contributed by atoms with Gasteiger partial charge in [0.05, 0.1) is 13.2 Å². The van der Waals surface area contributed by atoms with Crippen LogP contribution >= 0.6 is 11.3 Å². The van der Waals surface area contributed by atoms with Gasteiger partial charge in [0.1, 0.15) is 11.0 Å². The van der Waals surface area contributed by atoms with E-state index >= 15 is 0 Å². The maximum Gasteiger partial charge on any atom is 0.357 e. The van der Waals surface area contributed by atoms with Crippen LogP contribution in [-0.4, -0.2) is 84.4 Å². The highest BCUT2D eigenvalue weighted by atomic mass is 32.1. The molecule has 1 aliphatic heterocycles. The lowest BCUT2D eigenvalue weighted by Gasteiger charge is -2.37. The summed E-state index contributed by atoms with van der Waals surface area (Å²) in [5.41, 5.74) is 0.139. The molecule has 37 heavy (non-hydrogen) atoms. The summed E-state index contributed by atoms with van der Waals surface area (Å²) in [5.74, 6) is -1.49. The molecule has 1 fully saturated rings. The van der Waals surface area contributed by atoms with Gasteiger partial charge in [0.2, 0.25) is 11.8 Å². The zero-order valence-corrected chi connectivity index (χ0v) is 24.1. The quantitative estimate of drug-likeness (QED) is 0.427. The lowest BCUT2D eigenvalue weighted by atomic mass is 9.94. The van der Waals surface area contributed by atoms with E-state index in [1.807, 2.05) is 39.6 Å². The third-order valence-electron chi connectivity index (χ3n) is 6.87. The number of rotatable bonds is 11. The number of methoxy groups -OCH3 is 1. The van der Waals surface area contributed by atoms with Crippen LogP contribution in [0.3, 0.4) is 0 Å². The number of nitrogens with one attached hydrogen (secondary N) is 1. The van der Waals surface area contributed by atoms with Crippen LogP contribution in [0, 0.1) is 11.8 Å². The zero-order valence-electron chi connectivity index (χ0n) is 23.3. The number of amides is 2. The van der Waals surface area contributed by atoms with Crippen LogP contribution in [0.4, 0.5) is 0 Å². The SMILES string of the molecule is COC(=O)c1csc([C@@H](C[C@H](C(C)C)N(C)C(=O)[C@@H](NC(=O)[C@H]2CCCCN2C)C(C)C)OC(C)=O)n1. The van der Waals surface area contributed by atoms with E-state index in [0.717, 1.165) is 25.8 Å². The molecule has 1 aliphatic rings. The summed E-state index contributed by atoms with van der Waals surface area (Å²) < 4.78 is 10.3. The summed E-state index contributed by atoms with van der Waals surface area (Å²) in [7, 11) is 4.93. The van der Waals surface area contributed by atoms with Gasteiger partial charge in [-0.3, -0.25) is 19.3 Å². The average Bonchev–Trinajstić information content (AvgIpc) is 3.33. The molecule has 2 amide bonds. The molecule has 1 saturated heterocycles. The monoisotopic (exact) mass is 538 g/mol. The number of carbonyl (C=O) groups is 4. The number of carbonyl (C=O) groups excluding carboxylic acids is 4. The summed E-state index contributed by atoms with van der Waals surface area (Å²) in [6, 6.07) is -1.25. The van der Waals surface area contributed by atoms with Crippen LogP contribution in [0.25, 0.3) is 0 Å². The second-order valence-electron chi connectivity index (χ2n) is 10.4. The standard InChI is InChI=1S/C26H42N4O6S/c1-15(2)20(13-21(36-17(5)31)24-27-18(14-37-24)26(34)35-8)30(7)25(33)22(16(3)4)28-23(32)19-11-9-10-12-29(19)6/h14-16,19-22H,9-13H2,1-8H3,(H,28,32)/t19-,20-,21-,22+/m1/s1. The molecule has 11 heteroatoms. The highest BCUT2D eigenvalue weighted by molar-refractivity contribution is 7.09. The van der Waals surface area contributed by atoms with Gasteiger partial charge >= 0.3 is 11.9 Å². The average molecular weight is 539 g/mol. The number of hydrogen-bond donors (Lipinski definition) is 1. The molecule has 0 saturated carbocycles. The van der Waals surface area contributed by atoms with E-state index in [4.69, 9.17) is 9.47 Å². The van der Waals surface area contributed by atoms with Crippen molar-refractivity contribution in [3.63, 3.8) is 0 Å².